The minimum atomic E-state index is 0.569. The number of hydrogen-bond donors (Lipinski definition) is 2. The van der Waals surface area contributed by atoms with Gasteiger partial charge in [0.15, 0.2) is 0 Å². The molecule has 0 radical (unpaired) electrons. The summed E-state index contributed by atoms with van der Waals surface area (Å²) in [4.78, 5) is 0. The summed E-state index contributed by atoms with van der Waals surface area (Å²) in [5.74, 6) is 0. The highest BCUT2D eigenvalue weighted by Crippen LogP contribution is 2.29. The number of benzene rings is 2. The first-order valence-corrected chi connectivity index (χ1v) is 5.83. The van der Waals surface area contributed by atoms with E-state index in [4.69, 9.17) is 17.3 Å². The molecule has 2 aromatic rings. The van der Waals surface area contributed by atoms with Crippen molar-refractivity contribution in [3.8, 4) is 0 Å². The Labute approximate surface area is 106 Å². The highest BCUT2D eigenvalue weighted by Gasteiger charge is 2.03. The fourth-order valence-electron chi connectivity index (χ4n) is 1.85. The molecule has 0 saturated heterocycles. The van der Waals surface area contributed by atoms with Gasteiger partial charge in [-0.15, -0.1) is 0 Å². The number of nitrogens with two attached hydrogens (primary N) is 1. The van der Waals surface area contributed by atoms with E-state index in [2.05, 4.69) is 37.4 Å². The molecule has 2 aromatic carbocycles. The number of para-hydroxylation sites is 1. The number of nitrogen functional groups attached to an aromatic ring is 1. The normalized spacial score (nSPS) is 10.3. The molecule has 3 N–H and O–H groups in total. The van der Waals surface area contributed by atoms with Crippen LogP contribution in [0.2, 0.25) is 5.02 Å². The van der Waals surface area contributed by atoms with Crippen LogP contribution in [0.5, 0.6) is 0 Å². The van der Waals surface area contributed by atoms with E-state index in [-0.39, 0.29) is 0 Å². The molecular weight excluding hydrogens is 232 g/mol. The standard InChI is InChI=1S/C14H15ClN2/c1-9-6-10(2)8-11(7-9)17-13-5-3-4-12(15)14(13)16/h3-8,17H,16H2,1-2H3. The van der Waals surface area contributed by atoms with Crippen LogP contribution < -0.4 is 11.1 Å². The summed E-state index contributed by atoms with van der Waals surface area (Å²) in [7, 11) is 0. The van der Waals surface area contributed by atoms with Gasteiger partial charge in [-0.05, 0) is 49.2 Å². The molecule has 17 heavy (non-hydrogen) atoms. The summed E-state index contributed by atoms with van der Waals surface area (Å²) < 4.78 is 0. The van der Waals surface area contributed by atoms with Gasteiger partial charge in [0.1, 0.15) is 0 Å². The first-order chi connectivity index (χ1) is 8.06. The molecule has 0 aromatic heterocycles. The van der Waals surface area contributed by atoms with E-state index in [1.165, 1.54) is 11.1 Å². The van der Waals surface area contributed by atoms with E-state index in [1.54, 1.807) is 6.07 Å². The number of anilines is 3. The average molecular weight is 247 g/mol. The zero-order valence-electron chi connectivity index (χ0n) is 9.92. The Morgan fingerprint density at radius 2 is 1.71 bits per heavy atom. The van der Waals surface area contributed by atoms with Crippen LogP contribution in [-0.4, -0.2) is 0 Å². The van der Waals surface area contributed by atoms with Gasteiger partial charge in [-0.3, -0.25) is 0 Å². The maximum atomic E-state index is 5.98. The maximum Gasteiger partial charge on any atom is 0.0742 e. The molecule has 0 spiro atoms. The van der Waals surface area contributed by atoms with E-state index in [0.717, 1.165) is 11.4 Å². The third kappa shape index (κ3) is 2.71. The molecule has 2 rings (SSSR count). The van der Waals surface area contributed by atoms with Crippen molar-refractivity contribution in [1.29, 1.82) is 0 Å². The molecule has 0 amide bonds. The van der Waals surface area contributed by atoms with Crippen LogP contribution in [0.15, 0.2) is 36.4 Å². The van der Waals surface area contributed by atoms with Crippen LogP contribution in [-0.2, 0) is 0 Å². The van der Waals surface area contributed by atoms with E-state index < -0.39 is 0 Å². The van der Waals surface area contributed by atoms with E-state index in [9.17, 15) is 0 Å². The lowest BCUT2D eigenvalue weighted by atomic mass is 10.1. The highest BCUT2D eigenvalue weighted by molar-refractivity contribution is 6.33. The second-order valence-corrected chi connectivity index (χ2v) is 4.61. The number of rotatable bonds is 2. The van der Waals surface area contributed by atoms with Gasteiger partial charge in [0, 0.05) is 5.69 Å². The van der Waals surface area contributed by atoms with Crippen LogP contribution in [0.25, 0.3) is 0 Å². The zero-order valence-corrected chi connectivity index (χ0v) is 10.7. The van der Waals surface area contributed by atoms with Crippen molar-refractivity contribution >= 4 is 28.7 Å². The molecule has 0 saturated carbocycles. The SMILES string of the molecule is Cc1cc(C)cc(Nc2cccc(Cl)c2N)c1. The van der Waals surface area contributed by atoms with Crippen LogP contribution in [0.1, 0.15) is 11.1 Å². The predicted molar refractivity (Wildman–Crippen MR) is 75.1 cm³/mol. The Bertz CT molecular complexity index is 530. The highest BCUT2D eigenvalue weighted by atomic mass is 35.5. The Kier molecular flexibility index (Phi) is 3.25. The summed E-state index contributed by atoms with van der Waals surface area (Å²) >= 11 is 5.98. The molecule has 3 heteroatoms. The summed E-state index contributed by atoms with van der Waals surface area (Å²) in [6.45, 7) is 4.14. The lowest BCUT2D eigenvalue weighted by molar-refractivity contribution is 1.37. The molecule has 0 aliphatic rings. The van der Waals surface area contributed by atoms with Crippen LogP contribution in [0.3, 0.4) is 0 Å². The first kappa shape index (κ1) is 11.8. The number of nitrogens with one attached hydrogen (secondary N) is 1. The Hall–Kier alpha value is -1.67. The van der Waals surface area contributed by atoms with Crippen molar-refractivity contribution < 1.29 is 0 Å². The van der Waals surface area contributed by atoms with E-state index in [0.29, 0.717) is 10.7 Å². The first-order valence-electron chi connectivity index (χ1n) is 5.45. The maximum absolute atomic E-state index is 5.98. The monoisotopic (exact) mass is 246 g/mol. The Morgan fingerprint density at radius 3 is 2.35 bits per heavy atom. The van der Waals surface area contributed by atoms with E-state index >= 15 is 0 Å². The van der Waals surface area contributed by atoms with Crippen LogP contribution in [0, 0.1) is 13.8 Å². The average Bonchev–Trinajstić information content (AvgIpc) is 2.23. The molecule has 0 aliphatic carbocycles. The molecule has 0 heterocycles. The second-order valence-electron chi connectivity index (χ2n) is 4.20. The summed E-state index contributed by atoms with van der Waals surface area (Å²) in [5, 5.41) is 3.85. The predicted octanol–water partition coefficient (Wildman–Crippen LogP) is 4.28. The second kappa shape index (κ2) is 4.68. The van der Waals surface area contributed by atoms with Gasteiger partial charge in [0.05, 0.1) is 16.4 Å². The smallest absolute Gasteiger partial charge is 0.0742 e. The third-order valence-electron chi connectivity index (χ3n) is 2.55. The third-order valence-corrected chi connectivity index (χ3v) is 2.88. The van der Waals surface area contributed by atoms with Crippen molar-refractivity contribution in [2.75, 3.05) is 11.1 Å². The largest absolute Gasteiger partial charge is 0.396 e. The van der Waals surface area contributed by atoms with Gasteiger partial charge in [0.25, 0.3) is 0 Å². The Morgan fingerprint density at radius 1 is 1.06 bits per heavy atom. The molecule has 0 unspecified atom stereocenters. The molecular formula is C14H15ClN2. The van der Waals surface area contributed by atoms with Gasteiger partial charge in [-0.25, -0.2) is 0 Å². The van der Waals surface area contributed by atoms with E-state index in [1.807, 2.05) is 12.1 Å². The molecule has 0 aliphatic heterocycles. The van der Waals surface area contributed by atoms with Gasteiger partial charge in [-0.2, -0.15) is 0 Å². The van der Waals surface area contributed by atoms with Crippen LogP contribution in [0.4, 0.5) is 17.1 Å². The van der Waals surface area contributed by atoms with Gasteiger partial charge in [-0.1, -0.05) is 23.7 Å². The van der Waals surface area contributed by atoms with Crippen LogP contribution >= 0.6 is 11.6 Å². The number of aryl methyl sites for hydroxylation is 2. The quantitative estimate of drug-likeness (QED) is 0.776. The van der Waals surface area contributed by atoms with Crippen molar-refractivity contribution in [3.63, 3.8) is 0 Å². The summed E-state index contributed by atoms with van der Waals surface area (Å²) in [5.41, 5.74) is 10.8. The molecule has 88 valence electrons. The van der Waals surface area contributed by atoms with Gasteiger partial charge < -0.3 is 11.1 Å². The number of hydrogen-bond acceptors (Lipinski definition) is 2. The lowest BCUT2D eigenvalue weighted by Crippen LogP contribution is -1.97. The van der Waals surface area contributed by atoms with Gasteiger partial charge >= 0.3 is 0 Å². The minimum Gasteiger partial charge on any atom is -0.396 e. The number of halogens is 1. The molecule has 2 nitrogen and oxygen atoms in total. The minimum absolute atomic E-state index is 0.569. The zero-order chi connectivity index (χ0) is 12.4. The fourth-order valence-corrected chi connectivity index (χ4v) is 2.02. The Balaban J connectivity index is 2.34. The molecule has 0 fully saturated rings. The summed E-state index contributed by atoms with van der Waals surface area (Å²) in [6.07, 6.45) is 0. The van der Waals surface area contributed by atoms with Crippen molar-refractivity contribution in [2.45, 2.75) is 13.8 Å². The summed E-state index contributed by atoms with van der Waals surface area (Å²) in [6, 6.07) is 11.9. The van der Waals surface area contributed by atoms with Crippen molar-refractivity contribution in [3.05, 3.63) is 52.5 Å². The van der Waals surface area contributed by atoms with Crippen molar-refractivity contribution in [2.24, 2.45) is 0 Å². The molecule has 0 atom stereocenters. The topological polar surface area (TPSA) is 38.0 Å². The van der Waals surface area contributed by atoms with Crippen molar-refractivity contribution in [1.82, 2.24) is 0 Å². The lowest BCUT2D eigenvalue weighted by Gasteiger charge is -2.11. The fraction of sp³-hybridized carbons (Fsp3) is 0.143. The van der Waals surface area contributed by atoms with Gasteiger partial charge in [0.2, 0.25) is 0 Å². The molecule has 0 bridgehead atoms.